The van der Waals surface area contributed by atoms with Crippen LogP contribution in [0.25, 0.3) is 0 Å². The summed E-state index contributed by atoms with van der Waals surface area (Å²) in [7, 11) is -12.8. The maximum Gasteiger partial charge on any atom is 3.00 e. The summed E-state index contributed by atoms with van der Waals surface area (Å²) in [5, 5.41) is 124. The third-order valence-corrected chi connectivity index (χ3v) is 0.430. The normalized spacial score (nSPS) is 6.72. The molecule has 5 N–H and O–H groups in total. The van der Waals surface area contributed by atoms with Crippen molar-refractivity contribution in [1.82, 2.24) is 0 Å². The van der Waals surface area contributed by atoms with Crippen LogP contribution in [0, 0.1) is 0 Å². The predicted octanol–water partition coefficient (Wildman–Crippen LogP) is -15.6. The van der Waals surface area contributed by atoms with Crippen LogP contribution in [0.4, 0.5) is 0 Å². The summed E-state index contributed by atoms with van der Waals surface area (Å²) in [6, 6.07) is 0. The molecule has 0 aromatic rings. The molecule has 0 amide bonds. The van der Waals surface area contributed by atoms with Gasteiger partial charge < -0.3 is 74.3 Å². The van der Waals surface area contributed by atoms with Gasteiger partial charge in [0.15, 0.2) is 0 Å². The van der Waals surface area contributed by atoms with Gasteiger partial charge in [0, 0.05) is 0 Å². The zero-order chi connectivity index (χ0) is 21.4. The molecule has 0 unspecified atom stereocenters. The maximum atomic E-state index is 8.87. The SMILES string of the molecule is [Al+3].[Al+3].[Ca+2].[Ca+2].[O-]B([O-])OO.[O-]B([O-])OO.[O-]B([O-])OO.[O-]B([O-])OO.[O-]B([O-])OO. The molecule has 0 aromatic carbocycles. The molecule has 0 aromatic heterocycles. The van der Waals surface area contributed by atoms with Crippen LogP contribution in [0.1, 0.15) is 0 Å². The van der Waals surface area contributed by atoms with Crippen molar-refractivity contribution in [2.24, 2.45) is 0 Å². The van der Waals surface area contributed by atoms with E-state index >= 15 is 0 Å². The van der Waals surface area contributed by atoms with E-state index in [2.05, 4.69) is 24.0 Å². The summed E-state index contributed by atoms with van der Waals surface area (Å²) >= 11 is 0. The van der Waals surface area contributed by atoms with Crippen molar-refractivity contribution in [3.8, 4) is 0 Å². The first-order valence-electron chi connectivity index (χ1n) is 4.45. The van der Waals surface area contributed by atoms with E-state index in [4.69, 9.17) is 76.5 Å². The van der Waals surface area contributed by atoms with Crippen molar-refractivity contribution in [3.63, 3.8) is 0 Å². The molecule has 0 rings (SSSR count). The molecule has 0 fully saturated rings. The van der Waals surface area contributed by atoms with Gasteiger partial charge in [-0.2, -0.15) is 0 Å². The van der Waals surface area contributed by atoms with Crippen molar-refractivity contribution in [3.05, 3.63) is 0 Å². The van der Waals surface area contributed by atoms with Crippen molar-refractivity contribution in [1.29, 1.82) is 0 Å². The Labute approximate surface area is 244 Å². The summed E-state index contributed by atoms with van der Waals surface area (Å²) in [6.07, 6.45) is 0. The number of hydrogen-bond acceptors (Lipinski definition) is 20. The van der Waals surface area contributed by atoms with Crippen LogP contribution in [0.3, 0.4) is 0 Å². The van der Waals surface area contributed by atoms with E-state index in [1.54, 1.807) is 0 Å². The van der Waals surface area contributed by atoms with E-state index < -0.39 is 36.6 Å². The Morgan fingerprint density at radius 2 is 0.379 bits per heavy atom. The fourth-order valence-electron chi connectivity index (χ4n) is 0. The van der Waals surface area contributed by atoms with Gasteiger partial charge in [-0.05, 0) is 0 Å². The molecule has 0 aliphatic carbocycles. The average molecular weight is 513 g/mol. The monoisotopic (exact) mass is 514 g/mol. The third-order valence-electron chi connectivity index (χ3n) is 0.430. The second kappa shape index (κ2) is 52.8. The Balaban J connectivity index is -0.0000000238. The van der Waals surface area contributed by atoms with E-state index in [-0.39, 0.29) is 110 Å². The van der Waals surface area contributed by atoms with Crippen LogP contribution in [-0.4, -0.2) is 173 Å². The minimum Gasteiger partial charge on any atom is -0.868 e. The Hall–Kier alpha value is 3.11. The Morgan fingerprint density at radius 1 is 0.345 bits per heavy atom. The molecule has 0 heterocycles. The van der Waals surface area contributed by atoms with Gasteiger partial charge in [-0.25, -0.2) is 0 Å². The van der Waals surface area contributed by atoms with E-state index in [0.717, 1.165) is 0 Å². The summed E-state index contributed by atoms with van der Waals surface area (Å²) in [5.74, 6) is 0. The third kappa shape index (κ3) is 153. The smallest absolute Gasteiger partial charge is 0.868 e. The molecule has 0 aliphatic heterocycles. The van der Waals surface area contributed by atoms with E-state index in [1.807, 2.05) is 0 Å². The second-order valence-electron chi connectivity index (χ2n) is 1.97. The van der Waals surface area contributed by atoms with Crippen LogP contribution >= 0.6 is 0 Å². The molecule has 0 saturated heterocycles. The molecule has 0 atom stereocenters. The Morgan fingerprint density at radius 3 is 0.379 bits per heavy atom. The summed E-state index contributed by atoms with van der Waals surface area (Å²) in [6.45, 7) is 0. The molecule has 20 nitrogen and oxygen atoms in total. The van der Waals surface area contributed by atoms with Gasteiger partial charge in [0.1, 0.15) is 36.6 Å². The summed E-state index contributed by atoms with van der Waals surface area (Å²) in [5.41, 5.74) is 0. The molecule has 29 heteroatoms. The predicted molar refractivity (Wildman–Crippen MR) is 70.4 cm³/mol. The van der Waals surface area contributed by atoms with Crippen molar-refractivity contribution >= 4 is 147 Å². The molecular formula is H5Al2B5Ca2O20. The minimum absolute atomic E-state index is 0. The van der Waals surface area contributed by atoms with Gasteiger partial charge in [0.25, 0.3) is 0 Å². The number of rotatable bonds is 5. The van der Waals surface area contributed by atoms with E-state index in [0.29, 0.717) is 0 Å². The number of hydrogen-bond donors (Lipinski definition) is 5. The molecule has 150 valence electrons. The minimum atomic E-state index is -2.56. The first-order chi connectivity index (χ1) is 11.4. The van der Waals surface area contributed by atoms with Crippen LogP contribution in [0.5, 0.6) is 0 Å². The maximum absolute atomic E-state index is 8.87. The fourth-order valence-corrected chi connectivity index (χ4v) is 0. The second-order valence-corrected chi connectivity index (χ2v) is 1.97. The fraction of sp³-hybridized carbons (Fsp3) is 0. The van der Waals surface area contributed by atoms with Crippen LogP contribution in [0.2, 0.25) is 0 Å². The Kier molecular flexibility index (Phi) is 106. The van der Waals surface area contributed by atoms with Gasteiger partial charge in [0.2, 0.25) is 0 Å². The zero-order valence-corrected chi connectivity index (χ0v) is 20.5. The molecule has 0 radical (unpaired) electrons. The van der Waals surface area contributed by atoms with Gasteiger partial charge >= 0.3 is 110 Å². The first kappa shape index (κ1) is 58.2. The summed E-state index contributed by atoms with van der Waals surface area (Å²) < 4.78 is 0. The van der Waals surface area contributed by atoms with E-state index in [1.165, 1.54) is 0 Å². The standard InChI is InChI=1S/2Al.5BHO4.2Ca/c;;5*2-1(3)5-4;;/h;;5*4H;;/q2*+3;5*-2;2*+2. The quantitative estimate of drug-likeness (QED) is 0.129. The van der Waals surface area contributed by atoms with Crippen molar-refractivity contribution < 1.29 is 101 Å². The zero-order valence-electron chi connectivity index (χ0n) is 13.8. The average Bonchev–Trinajstić information content (AvgIpc) is 2.56. The van der Waals surface area contributed by atoms with Crippen molar-refractivity contribution in [2.75, 3.05) is 0 Å². The van der Waals surface area contributed by atoms with E-state index in [9.17, 15) is 0 Å². The molecule has 0 saturated carbocycles. The largest absolute Gasteiger partial charge is 3.00 e. The Bertz CT molecular complexity index is 155. The van der Waals surface area contributed by atoms with Gasteiger partial charge in [-0.1, -0.05) is 0 Å². The van der Waals surface area contributed by atoms with Crippen LogP contribution in [-0.2, 0) is 24.0 Å². The van der Waals surface area contributed by atoms with Gasteiger partial charge in [-0.15, -0.1) is 0 Å². The van der Waals surface area contributed by atoms with Crippen LogP contribution in [0.15, 0.2) is 0 Å². The molecule has 29 heavy (non-hydrogen) atoms. The molecule has 0 bridgehead atoms. The topological polar surface area (TPSA) is 378 Å². The molecular weight excluding hydrogens is 508 g/mol. The molecule has 0 aliphatic rings. The van der Waals surface area contributed by atoms with Gasteiger partial charge in [-0.3, -0.25) is 26.3 Å². The summed E-state index contributed by atoms with van der Waals surface area (Å²) in [4.78, 5) is 13.2. The van der Waals surface area contributed by atoms with Crippen molar-refractivity contribution in [2.45, 2.75) is 0 Å². The first-order valence-corrected chi connectivity index (χ1v) is 4.45. The molecule has 0 spiro atoms. The van der Waals surface area contributed by atoms with Gasteiger partial charge in [0.05, 0.1) is 0 Å². The van der Waals surface area contributed by atoms with Crippen LogP contribution < -0.4 is 50.2 Å².